The molecule has 0 saturated carbocycles. The van der Waals surface area contributed by atoms with Crippen molar-refractivity contribution in [3.05, 3.63) is 58.7 Å². The van der Waals surface area contributed by atoms with Gasteiger partial charge in [-0.3, -0.25) is 0 Å². The van der Waals surface area contributed by atoms with E-state index in [1.54, 1.807) is 19.1 Å². The summed E-state index contributed by atoms with van der Waals surface area (Å²) in [7, 11) is 0. The zero-order valence-electron chi connectivity index (χ0n) is 11.5. The highest BCUT2D eigenvalue weighted by molar-refractivity contribution is 5.97. The third-order valence-corrected chi connectivity index (χ3v) is 3.17. The summed E-state index contributed by atoms with van der Waals surface area (Å²) in [6.45, 7) is 3.67. The molecule has 0 fully saturated rings. The molecule has 4 nitrogen and oxygen atoms in total. The molecule has 21 heavy (non-hydrogen) atoms. The topological polar surface area (TPSA) is 67.8 Å². The fourth-order valence-electron chi connectivity index (χ4n) is 1.81. The minimum absolute atomic E-state index is 0.0687. The second-order valence-electron chi connectivity index (χ2n) is 4.55. The first-order chi connectivity index (χ1) is 9.93. The molecular weight excluding hydrogens is 278 g/mol. The summed E-state index contributed by atoms with van der Waals surface area (Å²) < 4.78 is 33.3. The van der Waals surface area contributed by atoms with Crippen LogP contribution >= 0.6 is 0 Å². The number of nitrogens with two attached hydrogens (primary N) is 1. The van der Waals surface area contributed by atoms with Crippen LogP contribution in [0.5, 0.6) is 11.5 Å². The minimum Gasteiger partial charge on any atom is -0.451 e. The molecule has 0 saturated heterocycles. The predicted molar refractivity (Wildman–Crippen MR) is 74.9 cm³/mol. The number of ether oxygens (including phenoxy) is 1. The number of nitrogens with zero attached hydrogens (tertiary/aromatic N) is 1. The zero-order valence-corrected chi connectivity index (χ0v) is 11.5. The molecule has 0 bridgehead atoms. The molecule has 2 aromatic rings. The molecule has 0 aliphatic rings. The van der Waals surface area contributed by atoms with Crippen molar-refractivity contribution in [1.82, 2.24) is 0 Å². The third kappa shape index (κ3) is 2.94. The van der Waals surface area contributed by atoms with Gasteiger partial charge in [-0.05, 0) is 43.2 Å². The number of benzene rings is 2. The average Bonchev–Trinajstić information content (AvgIpc) is 2.46. The van der Waals surface area contributed by atoms with E-state index in [2.05, 4.69) is 5.16 Å². The fourth-order valence-corrected chi connectivity index (χ4v) is 1.81. The van der Waals surface area contributed by atoms with Crippen molar-refractivity contribution in [1.29, 1.82) is 0 Å². The van der Waals surface area contributed by atoms with Crippen molar-refractivity contribution in [3.63, 3.8) is 0 Å². The Morgan fingerprint density at radius 3 is 2.38 bits per heavy atom. The molecule has 110 valence electrons. The Hall–Kier alpha value is -2.63. The van der Waals surface area contributed by atoms with Crippen LogP contribution in [-0.4, -0.2) is 11.0 Å². The van der Waals surface area contributed by atoms with Crippen molar-refractivity contribution in [2.45, 2.75) is 13.8 Å². The lowest BCUT2D eigenvalue weighted by Gasteiger charge is -2.12. The van der Waals surface area contributed by atoms with Crippen LogP contribution in [0.3, 0.4) is 0 Å². The van der Waals surface area contributed by atoms with Gasteiger partial charge in [0.15, 0.2) is 23.2 Å². The van der Waals surface area contributed by atoms with Gasteiger partial charge in [-0.1, -0.05) is 17.3 Å². The van der Waals surface area contributed by atoms with Gasteiger partial charge in [-0.15, -0.1) is 0 Å². The molecule has 0 amide bonds. The highest BCUT2D eigenvalue weighted by atomic mass is 19.1. The maximum absolute atomic E-state index is 14.0. The second-order valence-corrected chi connectivity index (χ2v) is 4.55. The Balaban J connectivity index is 2.44. The van der Waals surface area contributed by atoms with E-state index in [4.69, 9.17) is 15.7 Å². The van der Waals surface area contributed by atoms with Gasteiger partial charge in [0.25, 0.3) is 0 Å². The lowest BCUT2D eigenvalue weighted by Crippen LogP contribution is -2.14. The van der Waals surface area contributed by atoms with Gasteiger partial charge in [0.05, 0.1) is 0 Å². The summed E-state index contributed by atoms with van der Waals surface area (Å²) in [4.78, 5) is 0. The molecule has 0 radical (unpaired) electrons. The molecule has 0 aliphatic carbocycles. The highest BCUT2D eigenvalue weighted by Gasteiger charge is 2.16. The SMILES string of the molecule is Cc1cccc(Oc2c(F)cc(/C(N)=N/O)cc2F)c1C. The van der Waals surface area contributed by atoms with E-state index in [0.29, 0.717) is 5.75 Å². The Labute approximate surface area is 120 Å². The standard InChI is InChI=1S/C15H14F2N2O2/c1-8-4-3-5-13(9(8)2)21-14-11(16)6-10(7-12(14)17)15(18)19-20/h3-7,20H,1-2H3,(H2,18,19). The van der Waals surface area contributed by atoms with Crippen molar-refractivity contribution in [2.75, 3.05) is 0 Å². The predicted octanol–water partition coefficient (Wildman–Crippen LogP) is 3.47. The number of rotatable bonds is 3. The van der Waals surface area contributed by atoms with Gasteiger partial charge in [-0.25, -0.2) is 8.78 Å². The largest absolute Gasteiger partial charge is 0.451 e. The fraction of sp³-hybridized carbons (Fsp3) is 0.133. The molecule has 0 unspecified atom stereocenters. The normalized spacial score (nSPS) is 11.5. The Kier molecular flexibility index (Phi) is 4.07. The van der Waals surface area contributed by atoms with E-state index in [1.807, 2.05) is 13.0 Å². The molecule has 3 N–H and O–H groups in total. The van der Waals surface area contributed by atoms with Crippen LogP contribution in [0.25, 0.3) is 0 Å². The number of aryl methyl sites for hydroxylation is 1. The van der Waals surface area contributed by atoms with Gasteiger partial charge in [0, 0.05) is 5.56 Å². The molecule has 2 rings (SSSR count). The molecular formula is C15H14F2N2O2. The molecule has 0 aromatic heterocycles. The van der Waals surface area contributed by atoms with E-state index in [9.17, 15) is 8.78 Å². The summed E-state index contributed by atoms with van der Waals surface area (Å²) >= 11 is 0. The van der Waals surface area contributed by atoms with Crippen LogP contribution in [0.15, 0.2) is 35.5 Å². The maximum atomic E-state index is 14.0. The quantitative estimate of drug-likeness (QED) is 0.394. The smallest absolute Gasteiger partial charge is 0.198 e. The Morgan fingerprint density at radius 2 is 1.81 bits per heavy atom. The average molecular weight is 292 g/mol. The van der Waals surface area contributed by atoms with E-state index < -0.39 is 17.4 Å². The minimum atomic E-state index is -0.933. The van der Waals surface area contributed by atoms with Crippen molar-refractivity contribution < 1.29 is 18.7 Å². The maximum Gasteiger partial charge on any atom is 0.198 e. The molecule has 0 heterocycles. The van der Waals surface area contributed by atoms with Gasteiger partial charge < -0.3 is 15.7 Å². The first-order valence-electron chi connectivity index (χ1n) is 6.15. The second kappa shape index (κ2) is 5.78. The van der Waals surface area contributed by atoms with Crippen LogP contribution in [0, 0.1) is 25.5 Å². The number of oxime groups is 1. The van der Waals surface area contributed by atoms with Gasteiger partial charge in [0.1, 0.15) is 5.75 Å². The lowest BCUT2D eigenvalue weighted by atomic mass is 10.1. The molecule has 0 spiro atoms. The van der Waals surface area contributed by atoms with E-state index in [-0.39, 0.29) is 11.4 Å². The molecule has 0 aliphatic heterocycles. The van der Waals surface area contributed by atoms with Crippen molar-refractivity contribution >= 4 is 5.84 Å². The zero-order chi connectivity index (χ0) is 15.6. The number of hydrogen-bond donors (Lipinski definition) is 2. The number of hydrogen-bond acceptors (Lipinski definition) is 3. The molecule has 6 heteroatoms. The summed E-state index contributed by atoms with van der Waals surface area (Å²) in [5, 5.41) is 11.2. The Bertz CT molecular complexity index is 692. The third-order valence-electron chi connectivity index (χ3n) is 3.17. The summed E-state index contributed by atoms with van der Waals surface area (Å²) in [6.07, 6.45) is 0. The monoisotopic (exact) mass is 292 g/mol. The van der Waals surface area contributed by atoms with Crippen LogP contribution in [0.4, 0.5) is 8.78 Å². The van der Waals surface area contributed by atoms with Gasteiger partial charge in [-0.2, -0.15) is 0 Å². The molecule has 2 aromatic carbocycles. The van der Waals surface area contributed by atoms with Crippen molar-refractivity contribution in [2.24, 2.45) is 10.9 Å². The van der Waals surface area contributed by atoms with Crippen LogP contribution in [0.2, 0.25) is 0 Å². The van der Waals surface area contributed by atoms with Crippen LogP contribution < -0.4 is 10.5 Å². The summed E-state index contributed by atoms with van der Waals surface area (Å²) in [5.74, 6) is -2.41. The van der Waals surface area contributed by atoms with E-state index >= 15 is 0 Å². The first-order valence-corrected chi connectivity index (χ1v) is 6.15. The van der Waals surface area contributed by atoms with Gasteiger partial charge in [0.2, 0.25) is 0 Å². The number of amidine groups is 1. The lowest BCUT2D eigenvalue weighted by molar-refractivity contribution is 0.318. The first kappa shape index (κ1) is 14.8. The van der Waals surface area contributed by atoms with E-state index in [1.165, 1.54) is 0 Å². The van der Waals surface area contributed by atoms with Crippen LogP contribution in [0.1, 0.15) is 16.7 Å². The number of halogens is 2. The molecule has 0 atom stereocenters. The van der Waals surface area contributed by atoms with E-state index in [0.717, 1.165) is 23.3 Å². The van der Waals surface area contributed by atoms with Gasteiger partial charge >= 0.3 is 0 Å². The summed E-state index contributed by atoms with van der Waals surface area (Å²) in [5.41, 5.74) is 6.97. The van der Waals surface area contributed by atoms with Crippen molar-refractivity contribution in [3.8, 4) is 11.5 Å². The highest BCUT2D eigenvalue weighted by Crippen LogP contribution is 2.31. The Morgan fingerprint density at radius 1 is 1.19 bits per heavy atom. The van der Waals surface area contributed by atoms with Crippen LogP contribution in [-0.2, 0) is 0 Å². The summed E-state index contributed by atoms with van der Waals surface area (Å²) in [6, 6.07) is 7.12.